The fourth-order valence-corrected chi connectivity index (χ4v) is 2.46. The van der Waals surface area contributed by atoms with E-state index in [1.165, 1.54) is 19.2 Å². The fourth-order valence-electron chi connectivity index (χ4n) is 1.85. The highest BCUT2D eigenvalue weighted by Gasteiger charge is 2.12. The molecule has 2 rings (SSSR count). The first kappa shape index (κ1) is 15.7. The number of ether oxygens (including phenoxy) is 2. The third kappa shape index (κ3) is 3.92. The molecule has 0 saturated heterocycles. The number of aliphatic hydroxyl groups excluding tert-OH is 1. The van der Waals surface area contributed by atoms with Gasteiger partial charge in [-0.2, -0.15) is 0 Å². The van der Waals surface area contributed by atoms with Crippen molar-refractivity contribution in [1.29, 1.82) is 0 Å². The first-order chi connectivity index (χ1) is 10.0. The Morgan fingerprint density at radius 2 is 1.71 bits per heavy atom. The highest BCUT2D eigenvalue weighted by Crippen LogP contribution is 2.37. The van der Waals surface area contributed by atoms with E-state index < -0.39 is 11.6 Å². The summed E-state index contributed by atoms with van der Waals surface area (Å²) < 4.78 is 37.6. The summed E-state index contributed by atoms with van der Waals surface area (Å²) in [6, 6.07) is 6.52. The lowest BCUT2D eigenvalue weighted by Gasteiger charge is -2.14. The molecule has 3 nitrogen and oxygen atoms in total. The molecular formula is C15H13BrF2O3. The molecule has 0 unspecified atom stereocenters. The number of rotatable bonds is 5. The normalized spacial score (nSPS) is 10.5. The van der Waals surface area contributed by atoms with Crippen LogP contribution in [-0.4, -0.2) is 12.2 Å². The van der Waals surface area contributed by atoms with Crippen LogP contribution in [0.1, 0.15) is 11.1 Å². The Morgan fingerprint density at radius 1 is 1.05 bits per heavy atom. The van der Waals surface area contributed by atoms with E-state index >= 15 is 0 Å². The summed E-state index contributed by atoms with van der Waals surface area (Å²) in [5.41, 5.74) is 1.02. The second kappa shape index (κ2) is 6.87. The van der Waals surface area contributed by atoms with Gasteiger partial charge in [0.25, 0.3) is 0 Å². The van der Waals surface area contributed by atoms with Crippen LogP contribution in [0.5, 0.6) is 11.5 Å². The summed E-state index contributed by atoms with van der Waals surface area (Å²) in [5.74, 6) is -0.491. The maximum Gasteiger partial charge on any atom is 0.175 e. The molecule has 2 aromatic carbocycles. The lowest BCUT2D eigenvalue weighted by molar-refractivity contribution is 0.272. The van der Waals surface area contributed by atoms with Gasteiger partial charge in [-0.1, -0.05) is 0 Å². The second-order valence-corrected chi connectivity index (χ2v) is 5.19. The van der Waals surface area contributed by atoms with Gasteiger partial charge < -0.3 is 14.6 Å². The number of halogens is 3. The molecule has 21 heavy (non-hydrogen) atoms. The van der Waals surface area contributed by atoms with Gasteiger partial charge in [-0.15, -0.1) is 0 Å². The lowest BCUT2D eigenvalue weighted by Crippen LogP contribution is -2.00. The van der Waals surface area contributed by atoms with Crippen molar-refractivity contribution in [1.82, 2.24) is 0 Å². The van der Waals surface area contributed by atoms with Gasteiger partial charge in [0.2, 0.25) is 0 Å². The SMILES string of the molecule is COc1cc(CO)cc(Br)c1OCc1cc(F)cc(F)c1. The smallest absolute Gasteiger partial charge is 0.175 e. The topological polar surface area (TPSA) is 38.7 Å². The van der Waals surface area contributed by atoms with E-state index in [9.17, 15) is 8.78 Å². The molecule has 0 aliphatic heterocycles. The van der Waals surface area contributed by atoms with Gasteiger partial charge in [-0.3, -0.25) is 0 Å². The third-order valence-corrected chi connectivity index (χ3v) is 3.37. The molecule has 0 heterocycles. The van der Waals surface area contributed by atoms with Crippen molar-refractivity contribution in [2.45, 2.75) is 13.2 Å². The van der Waals surface area contributed by atoms with E-state index in [4.69, 9.17) is 14.6 Å². The van der Waals surface area contributed by atoms with Gasteiger partial charge in [0.1, 0.15) is 18.2 Å². The Hall–Kier alpha value is -1.66. The Labute approximate surface area is 129 Å². The van der Waals surface area contributed by atoms with E-state index in [1.54, 1.807) is 12.1 Å². The molecule has 0 atom stereocenters. The summed E-state index contributed by atoms with van der Waals surface area (Å²) in [7, 11) is 1.47. The molecule has 0 aliphatic carbocycles. The van der Waals surface area contributed by atoms with Crippen molar-refractivity contribution in [3.63, 3.8) is 0 Å². The van der Waals surface area contributed by atoms with Crippen molar-refractivity contribution >= 4 is 15.9 Å². The van der Waals surface area contributed by atoms with Crippen molar-refractivity contribution < 1.29 is 23.4 Å². The predicted octanol–water partition coefficient (Wildman–Crippen LogP) is 3.81. The van der Waals surface area contributed by atoms with Crippen molar-refractivity contribution in [3.8, 4) is 11.5 Å². The van der Waals surface area contributed by atoms with Crippen LogP contribution in [0.4, 0.5) is 8.78 Å². The highest BCUT2D eigenvalue weighted by molar-refractivity contribution is 9.10. The van der Waals surface area contributed by atoms with E-state index in [1.807, 2.05) is 0 Å². The van der Waals surface area contributed by atoms with Crippen molar-refractivity contribution in [2.24, 2.45) is 0 Å². The van der Waals surface area contributed by atoms with Gasteiger partial charge >= 0.3 is 0 Å². The molecule has 6 heteroatoms. The summed E-state index contributed by atoms with van der Waals surface area (Å²) >= 11 is 3.32. The standard InChI is InChI=1S/C15H13BrF2O3/c1-20-14-5-9(7-19)4-13(16)15(14)21-8-10-2-11(17)6-12(18)3-10/h2-6,19H,7-8H2,1H3. The molecule has 0 saturated carbocycles. The van der Waals surface area contributed by atoms with E-state index in [0.29, 0.717) is 27.1 Å². The maximum atomic E-state index is 13.1. The summed E-state index contributed by atoms with van der Waals surface area (Å²) in [5, 5.41) is 9.14. The zero-order chi connectivity index (χ0) is 15.4. The average molecular weight is 359 g/mol. The van der Waals surface area contributed by atoms with Crippen LogP contribution in [-0.2, 0) is 13.2 Å². The van der Waals surface area contributed by atoms with Gasteiger partial charge in [-0.25, -0.2) is 8.78 Å². The Morgan fingerprint density at radius 3 is 2.29 bits per heavy atom. The number of hydrogen-bond donors (Lipinski definition) is 1. The van der Waals surface area contributed by atoms with Gasteiger partial charge in [0.15, 0.2) is 11.5 Å². The summed E-state index contributed by atoms with van der Waals surface area (Å²) in [4.78, 5) is 0. The quantitative estimate of drug-likeness (QED) is 0.883. The molecule has 0 amide bonds. The van der Waals surface area contributed by atoms with E-state index in [-0.39, 0.29) is 13.2 Å². The Balaban J connectivity index is 2.23. The minimum atomic E-state index is -0.657. The molecule has 2 aromatic rings. The lowest BCUT2D eigenvalue weighted by atomic mass is 10.2. The Bertz CT molecular complexity index is 627. The predicted molar refractivity (Wildman–Crippen MR) is 77.3 cm³/mol. The molecular weight excluding hydrogens is 346 g/mol. The van der Waals surface area contributed by atoms with E-state index in [0.717, 1.165) is 6.07 Å². The molecule has 0 aliphatic rings. The number of methoxy groups -OCH3 is 1. The second-order valence-electron chi connectivity index (χ2n) is 4.33. The van der Waals surface area contributed by atoms with Crippen molar-refractivity contribution in [2.75, 3.05) is 7.11 Å². The summed E-state index contributed by atoms with van der Waals surface area (Å²) in [6.45, 7) is -0.146. The molecule has 0 bridgehead atoms. The molecule has 0 radical (unpaired) electrons. The zero-order valence-electron chi connectivity index (χ0n) is 11.2. The molecule has 1 N–H and O–H groups in total. The van der Waals surface area contributed by atoms with Crippen LogP contribution in [0.2, 0.25) is 0 Å². The maximum absolute atomic E-state index is 13.1. The summed E-state index contributed by atoms with van der Waals surface area (Å²) in [6.07, 6.45) is 0. The van der Waals surface area contributed by atoms with Crippen LogP contribution in [0.25, 0.3) is 0 Å². The average Bonchev–Trinajstić information content (AvgIpc) is 2.44. The third-order valence-electron chi connectivity index (χ3n) is 2.78. The van der Waals surface area contributed by atoms with Crippen LogP contribution < -0.4 is 9.47 Å². The van der Waals surface area contributed by atoms with Crippen molar-refractivity contribution in [3.05, 3.63) is 57.6 Å². The van der Waals surface area contributed by atoms with E-state index in [2.05, 4.69) is 15.9 Å². The molecule has 112 valence electrons. The van der Waals surface area contributed by atoms with Gasteiger partial charge in [0, 0.05) is 6.07 Å². The van der Waals surface area contributed by atoms with Crippen LogP contribution in [0.3, 0.4) is 0 Å². The number of aliphatic hydroxyl groups is 1. The number of hydrogen-bond acceptors (Lipinski definition) is 3. The zero-order valence-corrected chi connectivity index (χ0v) is 12.8. The molecule has 0 fully saturated rings. The monoisotopic (exact) mass is 358 g/mol. The molecule has 0 aromatic heterocycles. The van der Waals surface area contributed by atoms with Crippen LogP contribution in [0.15, 0.2) is 34.8 Å². The Kier molecular flexibility index (Phi) is 5.14. The minimum Gasteiger partial charge on any atom is -0.493 e. The first-order valence-corrected chi connectivity index (χ1v) is 6.88. The highest BCUT2D eigenvalue weighted by atomic mass is 79.9. The van der Waals surface area contributed by atoms with Crippen LogP contribution >= 0.6 is 15.9 Å². The minimum absolute atomic E-state index is 0.0118. The van der Waals surface area contributed by atoms with Gasteiger partial charge in [-0.05, 0) is 51.3 Å². The van der Waals surface area contributed by atoms with Gasteiger partial charge in [0.05, 0.1) is 18.2 Å². The first-order valence-electron chi connectivity index (χ1n) is 6.08. The van der Waals surface area contributed by atoms with Crippen LogP contribution in [0, 0.1) is 11.6 Å². The fraction of sp³-hybridized carbons (Fsp3) is 0.200. The number of benzene rings is 2. The largest absolute Gasteiger partial charge is 0.493 e. The molecule has 0 spiro atoms.